The highest BCUT2D eigenvalue weighted by molar-refractivity contribution is 9.11. The van der Waals surface area contributed by atoms with Crippen molar-refractivity contribution in [1.29, 1.82) is 0 Å². The third-order valence-corrected chi connectivity index (χ3v) is 3.40. The van der Waals surface area contributed by atoms with Crippen LogP contribution in [0.15, 0.2) is 3.92 Å². The van der Waals surface area contributed by atoms with Gasteiger partial charge in [-0.25, -0.2) is 9.48 Å². The molecule has 17 heavy (non-hydrogen) atoms. The van der Waals surface area contributed by atoms with Gasteiger partial charge in [-0.05, 0) is 32.8 Å². The lowest BCUT2D eigenvalue weighted by Crippen LogP contribution is -2.20. The SMILES string of the molecule is CCC(C(=O)O)n1nnnc1-c1nnc(Br)s1. The zero-order valence-corrected chi connectivity index (χ0v) is 11.0. The lowest BCUT2D eigenvalue weighted by molar-refractivity contribution is -0.141. The highest BCUT2D eigenvalue weighted by Crippen LogP contribution is 2.26. The van der Waals surface area contributed by atoms with Gasteiger partial charge in [-0.3, -0.25) is 0 Å². The van der Waals surface area contributed by atoms with Gasteiger partial charge in [-0.1, -0.05) is 18.3 Å². The first-order valence-electron chi connectivity index (χ1n) is 4.63. The monoisotopic (exact) mass is 318 g/mol. The summed E-state index contributed by atoms with van der Waals surface area (Å²) in [6.07, 6.45) is 0.382. The molecule has 0 amide bonds. The minimum Gasteiger partial charge on any atom is -0.480 e. The van der Waals surface area contributed by atoms with Gasteiger partial charge in [0, 0.05) is 0 Å². The molecule has 2 aromatic heterocycles. The summed E-state index contributed by atoms with van der Waals surface area (Å²) in [5.74, 6) is -0.674. The Balaban J connectivity index is 2.44. The van der Waals surface area contributed by atoms with Crippen LogP contribution < -0.4 is 0 Å². The van der Waals surface area contributed by atoms with Crippen LogP contribution in [0.1, 0.15) is 19.4 Å². The molecule has 2 aromatic rings. The fraction of sp³-hybridized carbons (Fsp3) is 0.429. The first kappa shape index (κ1) is 12.0. The van der Waals surface area contributed by atoms with Gasteiger partial charge >= 0.3 is 5.97 Å². The minimum absolute atomic E-state index is 0.308. The van der Waals surface area contributed by atoms with E-state index in [1.807, 2.05) is 0 Å². The molecular formula is C7H7BrN6O2S. The van der Waals surface area contributed by atoms with E-state index >= 15 is 0 Å². The molecule has 0 aliphatic heterocycles. The second-order valence-corrected chi connectivity index (χ2v) is 5.32. The minimum atomic E-state index is -0.982. The largest absolute Gasteiger partial charge is 0.480 e. The second kappa shape index (κ2) is 4.84. The number of carboxylic acids is 1. The van der Waals surface area contributed by atoms with E-state index < -0.39 is 12.0 Å². The van der Waals surface area contributed by atoms with Crippen molar-refractivity contribution >= 4 is 33.2 Å². The van der Waals surface area contributed by atoms with E-state index in [-0.39, 0.29) is 0 Å². The second-order valence-electron chi connectivity index (χ2n) is 3.07. The molecule has 0 aromatic carbocycles. The molecule has 2 heterocycles. The molecule has 0 bridgehead atoms. The molecule has 0 radical (unpaired) electrons. The van der Waals surface area contributed by atoms with Crippen LogP contribution in [0.5, 0.6) is 0 Å². The predicted molar refractivity (Wildman–Crippen MR) is 61.4 cm³/mol. The van der Waals surface area contributed by atoms with Crippen LogP contribution in [0.3, 0.4) is 0 Å². The Morgan fingerprint density at radius 1 is 1.53 bits per heavy atom. The zero-order valence-electron chi connectivity index (χ0n) is 8.61. The van der Waals surface area contributed by atoms with Crippen molar-refractivity contribution in [2.24, 2.45) is 0 Å². The summed E-state index contributed by atoms with van der Waals surface area (Å²) in [6, 6.07) is -0.803. The fourth-order valence-electron chi connectivity index (χ4n) is 1.29. The summed E-state index contributed by atoms with van der Waals surface area (Å²) in [6.45, 7) is 1.75. The number of hydrogen-bond acceptors (Lipinski definition) is 7. The van der Waals surface area contributed by atoms with E-state index in [0.717, 1.165) is 0 Å². The molecule has 0 aliphatic carbocycles. The van der Waals surface area contributed by atoms with Gasteiger partial charge in [0.05, 0.1) is 0 Å². The number of halogens is 1. The maximum absolute atomic E-state index is 11.1. The normalized spacial score (nSPS) is 12.6. The van der Waals surface area contributed by atoms with Crippen LogP contribution in [0.2, 0.25) is 0 Å². The van der Waals surface area contributed by atoms with E-state index in [9.17, 15) is 4.79 Å². The van der Waals surface area contributed by atoms with E-state index in [0.29, 0.717) is 21.2 Å². The van der Waals surface area contributed by atoms with Crippen molar-refractivity contribution in [3.63, 3.8) is 0 Å². The quantitative estimate of drug-likeness (QED) is 0.895. The van der Waals surface area contributed by atoms with Gasteiger partial charge in [-0.2, -0.15) is 0 Å². The molecule has 1 unspecified atom stereocenters. The Hall–Kier alpha value is -1.42. The predicted octanol–water partition coefficient (Wildman–Crippen LogP) is 0.990. The summed E-state index contributed by atoms with van der Waals surface area (Å²) in [4.78, 5) is 11.1. The third-order valence-electron chi connectivity index (χ3n) is 2.05. The van der Waals surface area contributed by atoms with Crippen LogP contribution >= 0.6 is 27.3 Å². The number of carbonyl (C=O) groups is 1. The van der Waals surface area contributed by atoms with Gasteiger partial charge in [0.1, 0.15) is 0 Å². The van der Waals surface area contributed by atoms with E-state index in [2.05, 4.69) is 41.7 Å². The molecule has 0 aliphatic rings. The lowest BCUT2D eigenvalue weighted by atomic mass is 10.2. The molecular weight excluding hydrogens is 312 g/mol. The number of hydrogen-bond donors (Lipinski definition) is 1. The molecule has 1 atom stereocenters. The Morgan fingerprint density at radius 2 is 2.29 bits per heavy atom. The van der Waals surface area contributed by atoms with E-state index in [1.54, 1.807) is 6.92 Å². The first-order valence-corrected chi connectivity index (χ1v) is 6.24. The van der Waals surface area contributed by atoms with E-state index in [4.69, 9.17) is 5.11 Å². The fourth-order valence-corrected chi connectivity index (χ4v) is 2.38. The average molecular weight is 319 g/mol. The summed E-state index contributed by atoms with van der Waals surface area (Å²) < 4.78 is 1.83. The van der Waals surface area contributed by atoms with Crippen LogP contribution in [0.4, 0.5) is 0 Å². The molecule has 0 fully saturated rings. The molecule has 0 saturated heterocycles. The standard InChI is InChI=1S/C7H7BrN6O2S/c1-2-3(6(15)16)14-4(9-12-13-14)5-10-11-7(8)17-5/h3H,2H2,1H3,(H,15,16). The van der Waals surface area contributed by atoms with Crippen molar-refractivity contribution in [2.75, 3.05) is 0 Å². The zero-order chi connectivity index (χ0) is 12.4. The van der Waals surface area contributed by atoms with Crippen LogP contribution in [0, 0.1) is 0 Å². The maximum atomic E-state index is 11.1. The number of carboxylic acid groups (broad SMARTS) is 1. The highest BCUT2D eigenvalue weighted by atomic mass is 79.9. The molecule has 0 spiro atoms. The number of aliphatic carboxylic acids is 1. The molecule has 10 heteroatoms. The lowest BCUT2D eigenvalue weighted by Gasteiger charge is -2.09. The molecule has 8 nitrogen and oxygen atoms in total. The van der Waals surface area contributed by atoms with Crippen molar-refractivity contribution < 1.29 is 9.90 Å². The average Bonchev–Trinajstić information content (AvgIpc) is 2.87. The molecule has 1 N–H and O–H groups in total. The number of nitrogens with zero attached hydrogens (tertiary/aromatic N) is 6. The summed E-state index contributed by atoms with van der Waals surface area (Å²) in [5.41, 5.74) is 0. The summed E-state index contributed by atoms with van der Waals surface area (Å²) in [5, 5.41) is 28.1. The van der Waals surface area contributed by atoms with Gasteiger partial charge < -0.3 is 5.11 Å². The molecule has 0 saturated carbocycles. The Bertz CT molecular complexity index is 540. The molecule has 90 valence electrons. The third kappa shape index (κ3) is 2.31. The van der Waals surface area contributed by atoms with Gasteiger partial charge in [-0.15, -0.1) is 15.3 Å². The Labute approximate surface area is 108 Å². The van der Waals surface area contributed by atoms with Crippen molar-refractivity contribution in [2.45, 2.75) is 19.4 Å². The summed E-state index contributed by atoms with van der Waals surface area (Å²) in [7, 11) is 0. The number of tetrazole rings is 1. The Morgan fingerprint density at radius 3 is 2.82 bits per heavy atom. The molecule has 2 rings (SSSR count). The maximum Gasteiger partial charge on any atom is 0.328 e. The smallest absolute Gasteiger partial charge is 0.328 e. The van der Waals surface area contributed by atoms with Gasteiger partial charge in [0.15, 0.2) is 15.0 Å². The van der Waals surface area contributed by atoms with E-state index in [1.165, 1.54) is 16.0 Å². The number of aromatic nitrogens is 6. The number of rotatable bonds is 4. The Kier molecular flexibility index (Phi) is 3.43. The summed E-state index contributed by atoms with van der Waals surface area (Å²) >= 11 is 4.41. The topological polar surface area (TPSA) is 107 Å². The van der Waals surface area contributed by atoms with Crippen molar-refractivity contribution in [1.82, 2.24) is 30.4 Å². The van der Waals surface area contributed by atoms with Crippen LogP contribution in [-0.4, -0.2) is 41.5 Å². The highest BCUT2D eigenvalue weighted by Gasteiger charge is 2.24. The van der Waals surface area contributed by atoms with Gasteiger partial charge in [0.25, 0.3) is 0 Å². The first-order chi connectivity index (χ1) is 8.13. The van der Waals surface area contributed by atoms with Crippen molar-refractivity contribution in [3.8, 4) is 10.8 Å². The van der Waals surface area contributed by atoms with Gasteiger partial charge in [0.2, 0.25) is 5.82 Å². The van der Waals surface area contributed by atoms with Crippen molar-refractivity contribution in [3.05, 3.63) is 3.92 Å². The van der Waals surface area contributed by atoms with Crippen LogP contribution in [0.25, 0.3) is 10.8 Å². The van der Waals surface area contributed by atoms with Crippen LogP contribution in [-0.2, 0) is 4.79 Å².